The Labute approximate surface area is 150 Å². The molecule has 0 unspecified atom stereocenters. The minimum absolute atomic E-state index is 0.147. The first-order chi connectivity index (χ1) is 12.5. The van der Waals surface area contributed by atoms with Crippen molar-refractivity contribution in [3.63, 3.8) is 0 Å². The molecule has 9 nitrogen and oxygen atoms in total. The third kappa shape index (κ3) is 3.89. The van der Waals surface area contributed by atoms with Crippen LogP contribution in [0.3, 0.4) is 0 Å². The van der Waals surface area contributed by atoms with Crippen LogP contribution in [0, 0.1) is 13.8 Å². The zero-order valence-electron chi connectivity index (χ0n) is 14.4. The number of carbonyl (C=O) groups is 1. The van der Waals surface area contributed by atoms with Gasteiger partial charge < -0.3 is 10.5 Å². The average Bonchev–Trinajstić information content (AvgIpc) is 2.98. The molecule has 0 atom stereocenters. The SMILES string of the molecule is Cc1cc(C)n(-c2ncnc(NNC(=O)COc3ccccc3)c2N)n1. The molecule has 4 N–H and O–H groups in total. The second kappa shape index (κ2) is 7.51. The molecule has 134 valence electrons. The van der Waals surface area contributed by atoms with E-state index in [1.54, 1.807) is 16.8 Å². The van der Waals surface area contributed by atoms with Crippen LogP contribution in [-0.2, 0) is 4.79 Å². The number of anilines is 2. The number of nitrogen functional groups attached to an aromatic ring is 1. The number of amides is 1. The third-order valence-corrected chi connectivity index (χ3v) is 3.51. The minimum atomic E-state index is -0.375. The van der Waals surface area contributed by atoms with Crippen LogP contribution in [0.2, 0.25) is 0 Å². The molecule has 0 saturated carbocycles. The summed E-state index contributed by atoms with van der Waals surface area (Å²) >= 11 is 0. The largest absolute Gasteiger partial charge is 0.484 e. The number of nitrogens with zero attached hydrogens (tertiary/aromatic N) is 4. The molecule has 0 spiro atoms. The van der Waals surface area contributed by atoms with Crippen molar-refractivity contribution in [2.75, 3.05) is 17.8 Å². The summed E-state index contributed by atoms with van der Waals surface area (Å²) in [4.78, 5) is 20.1. The zero-order chi connectivity index (χ0) is 18.5. The van der Waals surface area contributed by atoms with E-state index in [1.165, 1.54) is 6.33 Å². The molecule has 0 aliphatic heterocycles. The standard InChI is InChI=1S/C17H19N7O2/c1-11-8-12(2)24(23-11)17-15(18)16(19-10-20-17)22-21-14(25)9-26-13-6-4-3-5-7-13/h3-8,10H,9,18H2,1-2H3,(H,21,25)(H,19,20,22). The lowest BCUT2D eigenvalue weighted by atomic mass is 10.3. The van der Waals surface area contributed by atoms with Gasteiger partial charge in [-0.25, -0.2) is 14.6 Å². The number of aromatic nitrogens is 4. The van der Waals surface area contributed by atoms with Crippen molar-refractivity contribution >= 4 is 17.4 Å². The van der Waals surface area contributed by atoms with Crippen molar-refractivity contribution in [2.24, 2.45) is 0 Å². The van der Waals surface area contributed by atoms with Crippen LogP contribution in [0.5, 0.6) is 5.75 Å². The summed E-state index contributed by atoms with van der Waals surface area (Å²) < 4.78 is 6.99. The van der Waals surface area contributed by atoms with E-state index in [0.29, 0.717) is 11.6 Å². The second-order valence-electron chi connectivity index (χ2n) is 5.57. The quantitative estimate of drug-likeness (QED) is 0.573. The summed E-state index contributed by atoms with van der Waals surface area (Å²) in [7, 11) is 0. The van der Waals surface area contributed by atoms with Gasteiger partial charge >= 0.3 is 0 Å². The third-order valence-electron chi connectivity index (χ3n) is 3.51. The molecule has 3 aromatic rings. The van der Waals surface area contributed by atoms with Crippen LogP contribution >= 0.6 is 0 Å². The number of hydrogen-bond acceptors (Lipinski definition) is 7. The monoisotopic (exact) mass is 353 g/mol. The highest BCUT2D eigenvalue weighted by atomic mass is 16.5. The maximum Gasteiger partial charge on any atom is 0.276 e. The van der Waals surface area contributed by atoms with E-state index >= 15 is 0 Å². The number of ether oxygens (including phenoxy) is 1. The lowest BCUT2D eigenvalue weighted by Crippen LogP contribution is -2.34. The number of para-hydroxylation sites is 1. The highest BCUT2D eigenvalue weighted by Crippen LogP contribution is 2.22. The smallest absolute Gasteiger partial charge is 0.276 e. The van der Waals surface area contributed by atoms with Crippen molar-refractivity contribution < 1.29 is 9.53 Å². The lowest BCUT2D eigenvalue weighted by Gasteiger charge is -2.13. The zero-order valence-corrected chi connectivity index (χ0v) is 14.4. The Kier molecular flexibility index (Phi) is 4.97. The first-order valence-corrected chi connectivity index (χ1v) is 7.91. The topological polar surface area (TPSA) is 120 Å². The van der Waals surface area contributed by atoms with Gasteiger partial charge in [-0.05, 0) is 32.0 Å². The molecule has 0 aliphatic carbocycles. The van der Waals surface area contributed by atoms with Gasteiger partial charge in [0.1, 0.15) is 17.8 Å². The van der Waals surface area contributed by atoms with Crippen LogP contribution in [0.4, 0.5) is 11.5 Å². The molecule has 0 fully saturated rings. The average molecular weight is 353 g/mol. The van der Waals surface area contributed by atoms with E-state index in [1.807, 2.05) is 38.1 Å². The van der Waals surface area contributed by atoms with E-state index in [-0.39, 0.29) is 24.0 Å². The molecule has 9 heteroatoms. The number of nitrogens with one attached hydrogen (secondary N) is 2. The second-order valence-corrected chi connectivity index (χ2v) is 5.57. The molecule has 3 rings (SSSR count). The molecule has 26 heavy (non-hydrogen) atoms. The Hall–Kier alpha value is -3.62. The maximum atomic E-state index is 11.9. The lowest BCUT2D eigenvalue weighted by molar-refractivity contribution is -0.122. The maximum absolute atomic E-state index is 11.9. The van der Waals surface area contributed by atoms with Gasteiger partial charge in [-0.1, -0.05) is 18.2 Å². The Bertz CT molecular complexity index is 909. The van der Waals surface area contributed by atoms with Gasteiger partial charge in [0.15, 0.2) is 18.2 Å². The predicted molar refractivity (Wildman–Crippen MR) is 96.7 cm³/mol. The molecule has 0 saturated heterocycles. The Balaban J connectivity index is 1.64. The molecule has 0 aliphatic rings. The highest BCUT2D eigenvalue weighted by molar-refractivity contribution is 5.80. The van der Waals surface area contributed by atoms with Crippen LogP contribution in [0.1, 0.15) is 11.4 Å². The van der Waals surface area contributed by atoms with Gasteiger partial charge in [-0.15, -0.1) is 0 Å². The van der Waals surface area contributed by atoms with Gasteiger partial charge in [0.05, 0.1) is 5.69 Å². The van der Waals surface area contributed by atoms with Crippen molar-refractivity contribution in [3.05, 3.63) is 54.1 Å². The molecule has 0 bridgehead atoms. The fraction of sp³-hybridized carbons (Fsp3) is 0.176. The van der Waals surface area contributed by atoms with Gasteiger partial charge in [0, 0.05) is 5.69 Å². The fourth-order valence-electron chi connectivity index (χ4n) is 2.33. The fourth-order valence-corrected chi connectivity index (χ4v) is 2.33. The number of rotatable bonds is 6. The summed E-state index contributed by atoms with van der Waals surface area (Å²) in [6.07, 6.45) is 1.34. The molecular weight excluding hydrogens is 334 g/mol. The van der Waals surface area contributed by atoms with Gasteiger partial charge in [-0.2, -0.15) is 5.10 Å². The van der Waals surface area contributed by atoms with Crippen molar-refractivity contribution in [1.29, 1.82) is 0 Å². The predicted octanol–water partition coefficient (Wildman–Crippen LogP) is 1.38. The van der Waals surface area contributed by atoms with Gasteiger partial charge in [-0.3, -0.25) is 15.6 Å². The Morgan fingerprint density at radius 1 is 1.23 bits per heavy atom. The summed E-state index contributed by atoms with van der Waals surface area (Å²) in [5.74, 6) is 0.939. The molecular formula is C17H19N7O2. The first kappa shape index (κ1) is 17.2. The van der Waals surface area contributed by atoms with E-state index < -0.39 is 0 Å². The number of aryl methyl sites for hydroxylation is 2. The van der Waals surface area contributed by atoms with E-state index in [2.05, 4.69) is 25.9 Å². The van der Waals surface area contributed by atoms with Crippen molar-refractivity contribution in [3.8, 4) is 11.6 Å². The Morgan fingerprint density at radius 2 is 2.00 bits per heavy atom. The number of benzene rings is 1. The van der Waals surface area contributed by atoms with Crippen LogP contribution in [-0.4, -0.2) is 32.3 Å². The number of nitrogens with two attached hydrogens (primary N) is 1. The summed E-state index contributed by atoms with van der Waals surface area (Å²) in [5, 5.41) is 4.35. The van der Waals surface area contributed by atoms with Crippen LogP contribution < -0.4 is 21.3 Å². The van der Waals surface area contributed by atoms with Crippen molar-refractivity contribution in [1.82, 2.24) is 25.2 Å². The van der Waals surface area contributed by atoms with Crippen LogP contribution in [0.15, 0.2) is 42.7 Å². The summed E-state index contributed by atoms with van der Waals surface area (Å²) in [5.41, 5.74) is 13.3. The Morgan fingerprint density at radius 3 is 2.69 bits per heavy atom. The molecule has 2 heterocycles. The highest BCUT2D eigenvalue weighted by Gasteiger charge is 2.13. The minimum Gasteiger partial charge on any atom is -0.484 e. The molecule has 1 amide bonds. The first-order valence-electron chi connectivity index (χ1n) is 7.91. The van der Waals surface area contributed by atoms with E-state index in [9.17, 15) is 4.79 Å². The van der Waals surface area contributed by atoms with Crippen LogP contribution in [0.25, 0.3) is 5.82 Å². The van der Waals surface area contributed by atoms with Gasteiger partial charge in [0.2, 0.25) is 0 Å². The van der Waals surface area contributed by atoms with E-state index in [4.69, 9.17) is 10.5 Å². The molecule has 1 aromatic carbocycles. The number of hydrazine groups is 1. The number of carbonyl (C=O) groups excluding carboxylic acids is 1. The van der Waals surface area contributed by atoms with E-state index in [0.717, 1.165) is 11.4 Å². The normalized spacial score (nSPS) is 10.4. The van der Waals surface area contributed by atoms with Crippen molar-refractivity contribution in [2.45, 2.75) is 13.8 Å². The van der Waals surface area contributed by atoms with Gasteiger partial charge in [0.25, 0.3) is 5.91 Å². The summed E-state index contributed by atoms with van der Waals surface area (Å²) in [6, 6.07) is 11.0. The summed E-state index contributed by atoms with van der Waals surface area (Å²) in [6.45, 7) is 3.64. The number of hydrogen-bond donors (Lipinski definition) is 3. The molecule has 0 radical (unpaired) electrons. The molecule has 2 aromatic heterocycles.